The Morgan fingerprint density at radius 2 is 2.00 bits per heavy atom. The van der Waals surface area contributed by atoms with Crippen LogP contribution in [0, 0.1) is 0 Å². The molecule has 0 spiro atoms. The van der Waals surface area contributed by atoms with Gasteiger partial charge in [-0.1, -0.05) is 12.1 Å². The highest BCUT2D eigenvalue weighted by molar-refractivity contribution is 5.40. The molecule has 0 aliphatic heterocycles. The molecule has 1 aromatic heterocycles. The molecule has 0 radical (unpaired) electrons. The van der Waals surface area contributed by atoms with Gasteiger partial charge in [0.05, 0.1) is 18.8 Å². The van der Waals surface area contributed by atoms with Crippen LogP contribution in [0.3, 0.4) is 0 Å². The molecule has 0 aliphatic carbocycles. The Bertz CT molecular complexity index is 582. The van der Waals surface area contributed by atoms with E-state index in [0.717, 1.165) is 30.0 Å². The van der Waals surface area contributed by atoms with Gasteiger partial charge in [-0.25, -0.2) is 4.68 Å². The van der Waals surface area contributed by atoms with E-state index in [4.69, 9.17) is 10.5 Å². The number of nitrogens with zero attached hydrogens (tertiary/aromatic N) is 2. The van der Waals surface area contributed by atoms with Crippen LogP contribution in [-0.4, -0.2) is 16.9 Å². The summed E-state index contributed by atoms with van der Waals surface area (Å²) in [4.78, 5) is 0. The zero-order valence-electron chi connectivity index (χ0n) is 12.7. The topological polar surface area (TPSA) is 53.1 Å². The van der Waals surface area contributed by atoms with Gasteiger partial charge in [0.1, 0.15) is 11.6 Å². The first-order chi connectivity index (χ1) is 9.41. The molecular weight excluding hydrogens is 250 g/mol. The second-order valence-electron chi connectivity index (χ2n) is 5.99. The molecule has 4 nitrogen and oxygen atoms in total. The number of aryl methyl sites for hydroxylation is 2. The van der Waals surface area contributed by atoms with E-state index in [1.165, 1.54) is 5.56 Å². The van der Waals surface area contributed by atoms with Gasteiger partial charge in [-0.2, -0.15) is 5.10 Å². The highest BCUT2D eigenvalue weighted by Crippen LogP contribution is 2.22. The maximum atomic E-state index is 6.19. The van der Waals surface area contributed by atoms with Crippen molar-refractivity contribution < 1.29 is 4.74 Å². The maximum Gasteiger partial charge on any atom is 0.125 e. The predicted molar refractivity (Wildman–Crippen MR) is 82.0 cm³/mol. The van der Waals surface area contributed by atoms with Crippen molar-refractivity contribution >= 4 is 5.82 Å². The van der Waals surface area contributed by atoms with Gasteiger partial charge >= 0.3 is 0 Å². The number of hydrogen-bond donors (Lipinski definition) is 1. The van der Waals surface area contributed by atoms with Crippen LogP contribution in [0.25, 0.3) is 0 Å². The van der Waals surface area contributed by atoms with Gasteiger partial charge in [0.2, 0.25) is 0 Å². The standard InChI is InChI=1S/C16H23N3O/c1-16(2,3)19-15(17)13(11-18-19)9-8-12-6-5-7-14(10-12)20-4/h5-7,10-11H,8-9,17H2,1-4H3. The summed E-state index contributed by atoms with van der Waals surface area (Å²) >= 11 is 0. The van der Waals surface area contributed by atoms with E-state index in [0.29, 0.717) is 0 Å². The lowest BCUT2D eigenvalue weighted by Gasteiger charge is -2.21. The molecule has 4 heteroatoms. The summed E-state index contributed by atoms with van der Waals surface area (Å²) in [6.07, 6.45) is 3.69. The van der Waals surface area contributed by atoms with Gasteiger partial charge in [-0.05, 0) is 51.3 Å². The number of anilines is 1. The molecule has 0 unspecified atom stereocenters. The summed E-state index contributed by atoms with van der Waals surface area (Å²) in [6.45, 7) is 6.30. The first-order valence-electron chi connectivity index (χ1n) is 6.87. The minimum Gasteiger partial charge on any atom is -0.497 e. The Morgan fingerprint density at radius 3 is 2.60 bits per heavy atom. The molecule has 0 bridgehead atoms. The third-order valence-electron chi connectivity index (χ3n) is 3.34. The number of nitrogen functional groups attached to an aromatic ring is 1. The van der Waals surface area contributed by atoms with Crippen molar-refractivity contribution in [2.45, 2.75) is 39.2 Å². The Labute approximate surface area is 120 Å². The molecule has 2 N–H and O–H groups in total. The molecule has 1 aromatic carbocycles. The normalized spacial score (nSPS) is 11.6. The van der Waals surface area contributed by atoms with Crippen molar-refractivity contribution in [1.82, 2.24) is 9.78 Å². The fraction of sp³-hybridized carbons (Fsp3) is 0.438. The van der Waals surface area contributed by atoms with Gasteiger partial charge in [0.25, 0.3) is 0 Å². The Morgan fingerprint density at radius 1 is 1.25 bits per heavy atom. The zero-order chi connectivity index (χ0) is 14.8. The van der Waals surface area contributed by atoms with Crippen molar-refractivity contribution in [2.24, 2.45) is 0 Å². The van der Waals surface area contributed by atoms with Crippen LogP contribution in [0.1, 0.15) is 31.9 Å². The van der Waals surface area contributed by atoms with Crippen LogP contribution in [0.4, 0.5) is 5.82 Å². The maximum absolute atomic E-state index is 6.19. The summed E-state index contributed by atoms with van der Waals surface area (Å²) in [7, 11) is 1.68. The molecule has 108 valence electrons. The lowest BCUT2D eigenvalue weighted by atomic mass is 10.1. The molecule has 20 heavy (non-hydrogen) atoms. The van der Waals surface area contributed by atoms with E-state index in [2.05, 4.69) is 38.0 Å². The fourth-order valence-electron chi connectivity index (χ4n) is 2.23. The van der Waals surface area contributed by atoms with Gasteiger partial charge in [-0.3, -0.25) is 0 Å². The van der Waals surface area contributed by atoms with Gasteiger partial charge in [-0.15, -0.1) is 0 Å². The monoisotopic (exact) mass is 273 g/mol. The molecule has 1 heterocycles. The average molecular weight is 273 g/mol. The van der Waals surface area contributed by atoms with E-state index in [9.17, 15) is 0 Å². The number of rotatable bonds is 4. The Kier molecular flexibility index (Phi) is 4.02. The number of methoxy groups -OCH3 is 1. The first kappa shape index (κ1) is 14.4. The van der Waals surface area contributed by atoms with Crippen LogP contribution >= 0.6 is 0 Å². The van der Waals surface area contributed by atoms with Crippen LogP contribution < -0.4 is 10.5 Å². The fourth-order valence-corrected chi connectivity index (χ4v) is 2.23. The lowest BCUT2D eigenvalue weighted by Crippen LogP contribution is -2.24. The highest BCUT2D eigenvalue weighted by Gasteiger charge is 2.18. The molecule has 2 rings (SSSR count). The summed E-state index contributed by atoms with van der Waals surface area (Å²) in [5, 5.41) is 4.40. The van der Waals surface area contributed by atoms with E-state index in [1.807, 2.05) is 23.0 Å². The largest absolute Gasteiger partial charge is 0.497 e. The van der Waals surface area contributed by atoms with Crippen molar-refractivity contribution in [3.05, 3.63) is 41.6 Å². The Balaban J connectivity index is 2.09. The van der Waals surface area contributed by atoms with Crippen molar-refractivity contribution in [3.8, 4) is 5.75 Å². The van der Waals surface area contributed by atoms with Crippen molar-refractivity contribution in [1.29, 1.82) is 0 Å². The van der Waals surface area contributed by atoms with Gasteiger partial charge in [0, 0.05) is 5.56 Å². The molecule has 0 aliphatic rings. The van der Waals surface area contributed by atoms with E-state index < -0.39 is 0 Å². The molecule has 2 aromatic rings. The average Bonchev–Trinajstić information content (AvgIpc) is 2.78. The highest BCUT2D eigenvalue weighted by atomic mass is 16.5. The summed E-state index contributed by atoms with van der Waals surface area (Å²) in [5.74, 6) is 1.65. The van der Waals surface area contributed by atoms with E-state index >= 15 is 0 Å². The smallest absolute Gasteiger partial charge is 0.125 e. The van der Waals surface area contributed by atoms with Crippen LogP contribution in [0.15, 0.2) is 30.5 Å². The van der Waals surface area contributed by atoms with Gasteiger partial charge in [0.15, 0.2) is 0 Å². The molecule has 0 saturated carbocycles. The summed E-state index contributed by atoms with van der Waals surface area (Å²) < 4.78 is 7.12. The number of benzene rings is 1. The second kappa shape index (κ2) is 5.57. The first-order valence-corrected chi connectivity index (χ1v) is 6.87. The number of aromatic nitrogens is 2. The van der Waals surface area contributed by atoms with Crippen molar-refractivity contribution in [2.75, 3.05) is 12.8 Å². The Hall–Kier alpha value is -1.97. The van der Waals surface area contributed by atoms with Crippen molar-refractivity contribution in [3.63, 3.8) is 0 Å². The third-order valence-corrected chi connectivity index (χ3v) is 3.34. The predicted octanol–water partition coefficient (Wildman–Crippen LogP) is 3.01. The molecule has 0 saturated heterocycles. The molecule has 0 atom stereocenters. The second-order valence-corrected chi connectivity index (χ2v) is 5.99. The van der Waals surface area contributed by atoms with E-state index in [1.54, 1.807) is 7.11 Å². The quantitative estimate of drug-likeness (QED) is 0.931. The van der Waals surface area contributed by atoms with Gasteiger partial charge < -0.3 is 10.5 Å². The minimum atomic E-state index is -0.0850. The van der Waals surface area contributed by atoms with Crippen LogP contribution in [0.2, 0.25) is 0 Å². The molecule has 0 amide bonds. The SMILES string of the molecule is COc1cccc(CCc2cnn(C(C)(C)C)c2N)c1. The molecular formula is C16H23N3O. The molecule has 0 fully saturated rings. The third kappa shape index (κ3) is 3.13. The van der Waals surface area contributed by atoms with Crippen LogP contribution in [-0.2, 0) is 18.4 Å². The lowest BCUT2D eigenvalue weighted by molar-refractivity contribution is 0.361. The zero-order valence-corrected chi connectivity index (χ0v) is 12.7. The summed E-state index contributed by atoms with van der Waals surface area (Å²) in [6, 6.07) is 8.13. The van der Waals surface area contributed by atoms with Crippen LogP contribution in [0.5, 0.6) is 5.75 Å². The van der Waals surface area contributed by atoms with E-state index in [-0.39, 0.29) is 5.54 Å². The number of ether oxygens (including phenoxy) is 1. The number of hydrogen-bond acceptors (Lipinski definition) is 3. The summed E-state index contributed by atoms with van der Waals surface area (Å²) in [5.41, 5.74) is 8.44. The number of nitrogens with two attached hydrogens (primary N) is 1. The minimum absolute atomic E-state index is 0.0850.